The number of anilines is 1. The van der Waals surface area contributed by atoms with Gasteiger partial charge in [-0.25, -0.2) is 4.98 Å². The molecule has 1 aromatic heterocycles. The minimum Gasteiger partial charge on any atom is -0.399 e. The fourth-order valence-corrected chi connectivity index (χ4v) is 2.63. The van der Waals surface area contributed by atoms with E-state index in [0.717, 1.165) is 24.4 Å². The number of aromatic nitrogens is 2. The van der Waals surface area contributed by atoms with Crippen LogP contribution in [-0.2, 0) is 6.54 Å². The molecule has 0 saturated carbocycles. The lowest BCUT2D eigenvalue weighted by Crippen LogP contribution is -1.96. The predicted molar refractivity (Wildman–Crippen MR) is 73.2 cm³/mol. The highest BCUT2D eigenvalue weighted by Crippen LogP contribution is 2.25. The molecule has 0 bridgehead atoms. The standard InChI is InChI=1S/C13H17N3S/c1-11-3-4-12(14)9-13(11)17-8-2-6-16-7-5-15-10-16/h3-5,7,9-10H,2,6,8,14H2,1H3. The van der Waals surface area contributed by atoms with E-state index in [1.807, 2.05) is 36.5 Å². The van der Waals surface area contributed by atoms with Gasteiger partial charge in [0.15, 0.2) is 0 Å². The van der Waals surface area contributed by atoms with E-state index < -0.39 is 0 Å². The summed E-state index contributed by atoms with van der Waals surface area (Å²) < 4.78 is 2.10. The lowest BCUT2D eigenvalue weighted by molar-refractivity contribution is 0.683. The molecule has 3 nitrogen and oxygen atoms in total. The summed E-state index contributed by atoms with van der Waals surface area (Å²) in [6.07, 6.45) is 6.80. The van der Waals surface area contributed by atoms with Crippen molar-refractivity contribution in [3.63, 3.8) is 0 Å². The molecule has 2 N–H and O–H groups in total. The van der Waals surface area contributed by atoms with Crippen LogP contribution in [0.2, 0.25) is 0 Å². The Morgan fingerprint density at radius 1 is 1.41 bits per heavy atom. The van der Waals surface area contributed by atoms with Crippen molar-refractivity contribution in [3.05, 3.63) is 42.5 Å². The average molecular weight is 247 g/mol. The van der Waals surface area contributed by atoms with E-state index in [1.54, 1.807) is 0 Å². The fraction of sp³-hybridized carbons (Fsp3) is 0.308. The Morgan fingerprint density at radius 3 is 3.06 bits per heavy atom. The second-order valence-electron chi connectivity index (χ2n) is 4.03. The van der Waals surface area contributed by atoms with Crippen molar-refractivity contribution in [2.45, 2.75) is 24.8 Å². The van der Waals surface area contributed by atoms with Gasteiger partial charge in [0, 0.05) is 29.5 Å². The Bertz CT molecular complexity index is 466. The van der Waals surface area contributed by atoms with Crippen LogP contribution in [0.25, 0.3) is 0 Å². The van der Waals surface area contributed by atoms with Crippen LogP contribution >= 0.6 is 11.8 Å². The van der Waals surface area contributed by atoms with E-state index in [-0.39, 0.29) is 0 Å². The molecule has 2 rings (SSSR count). The third kappa shape index (κ3) is 3.53. The highest BCUT2D eigenvalue weighted by Gasteiger charge is 2.00. The molecular weight excluding hydrogens is 230 g/mol. The van der Waals surface area contributed by atoms with Crippen LogP contribution in [0.4, 0.5) is 5.69 Å². The Kier molecular flexibility index (Phi) is 4.09. The van der Waals surface area contributed by atoms with Gasteiger partial charge < -0.3 is 10.3 Å². The molecule has 0 atom stereocenters. The highest BCUT2D eigenvalue weighted by atomic mass is 32.2. The molecule has 1 heterocycles. The molecule has 1 aromatic carbocycles. The number of hydrogen-bond donors (Lipinski definition) is 1. The van der Waals surface area contributed by atoms with Crippen LogP contribution in [0.5, 0.6) is 0 Å². The summed E-state index contributed by atoms with van der Waals surface area (Å²) in [6.45, 7) is 3.14. The zero-order chi connectivity index (χ0) is 12.1. The normalized spacial score (nSPS) is 10.6. The number of nitrogen functional groups attached to an aromatic ring is 1. The van der Waals surface area contributed by atoms with Gasteiger partial charge in [0.2, 0.25) is 0 Å². The lowest BCUT2D eigenvalue weighted by Gasteiger charge is -2.07. The number of thioether (sulfide) groups is 1. The monoisotopic (exact) mass is 247 g/mol. The number of nitrogens with zero attached hydrogens (tertiary/aromatic N) is 2. The molecule has 90 valence electrons. The summed E-state index contributed by atoms with van der Waals surface area (Å²) >= 11 is 1.87. The van der Waals surface area contributed by atoms with Gasteiger partial charge in [-0.15, -0.1) is 11.8 Å². The first-order valence-corrected chi connectivity index (χ1v) is 6.69. The van der Waals surface area contributed by atoms with Crippen molar-refractivity contribution in [1.29, 1.82) is 0 Å². The van der Waals surface area contributed by atoms with Gasteiger partial charge >= 0.3 is 0 Å². The molecule has 2 aromatic rings. The fourth-order valence-electron chi connectivity index (χ4n) is 1.62. The van der Waals surface area contributed by atoms with Gasteiger partial charge in [0.25, 0.3) is 0 Å². The third-order valence-electron chi connectivity index (χ3n) is 2.59. The largest absolute Gasteiger partial charge is 0.399 e. The molecule has 0 amide bonds. The summed E-state index contributed by atoms with van der Waals surface area (Å²) in [6, 6.07) is 6.08. The number of aryl methyl sites for hydroxylation is 2. The predicted octanol–water partition coefficient (Wildman–Crippen LogP) is 2.96. The number of rotatable bonds is 5. The van der Waals surface area contributed by atoms with Crippen molar-refractivity contribution < 1.29 is 0 Å². The van der Waals surface area contributed by atoms with Gasteiger partial charge in [0.05, 0.1) is 6.33 Å². The lowest BCUT2D eigenvalue weighted by atomic mass is 10.2. The van der Waals surface area contributed by atoms with Crippen LogP contribution in [0.3, 0.4) is 0 Å². The van der Waals surface area contributed by atoms with Gasteiger partial charge in [-0.3, -0.25) is 0 Å². The van der Waals surface area contributed by atoms with Crippen LogP contribution in [0, 0.1) is 6.92 Å². The van der Waals surface area contributed by atoms with Crippen molar-refractivity contribution >= 4 is 17.4 Å². The molecule has 0 fully saturated rings. The smallest absolute Gasteiger partial charge is 0.0945 e. The van der Waals surface area contributed by atoms with Crippen molar-refractivity contribution in [2.75, 3.05) is 11.5 Å². The molecule has 0 aliphatic rings. The zero-order valence-electron chi connectivity index (χ0n) is 9.97. The zero-order valence-corrected chi connectivity index (χ0v) is 10.8. The highest BCUT2D eigenvalue weighted by molar-refractivity contribution is 7.99. The first-order valence-electron chi connectivity index (χ1n) is 5.70. The van der Waals surface area contributed by atoms with Crippen molar-refractivity contribution in [3.8, 4) is 0 Å². The van der Waals surface area contributed by atoms with Gasteiger partial charge in [0.1, 0.15) is 0 Å². The number of hydrogen-bond acceptors (Lipinski definition) is 3. The van der Waals surface area contributed by atoms with E-state index in [4.69, 9.17) is 5.73 Å². The molecule has 0 unspecified atom stereocenters. The topological polar surface area (TPSA) is 43.8 Å². The molecule has 0 radical (unpaired) electrons. The molecular formula is C13H17N3S. The van der Waals surface area contributed by atoms with Crippen molar-refractivity contribution in [2.24, 2.45) is 0 Å². The maximum Gasteiger partial charge on any atom is 0.0945 e. The van der Waals surface area contributed by atoms with Gasteiger partial charge in [-0.1, -0.05) is 6.07 Å². The van der Waals surface area contributed by atoms with E-state index in [2.05, 4.69) is 28.6 Å². The maximum atomic E-state index is 5.78. The first-order chi connectivity index (χ1) is 8.25. The number of benzene rings is 1. The molecule has 17 heavy (non-hydrogen) atoms. The van der Waals surface area contributed by atoms with E-state index in [1.165, 1.54) is 10.5 Å². The molecule has 0 saturated heterocycles. The molecule has 0 spiro atoms. The molecule has 4 heteroatoms. The quantitative estimate of drug-likeness (QED) is 0.502. The van der Waals surface area contributed by atoms with Crippen LogP contribution < -0.4 is 5.73 Å². The van der Waals surface area contributed by atoms with Crippen LogP contribution in [-0.4, -0.2) is 15.3 Å². The Labute approximate surface area is 106 Å². The third-order valence-corrected chi connectivity index (χ3v) is 3.83. The summed E-state index contributed by atoms with van der Waals surface area (Å²) in [5.74, 6) is 1.10. The van der Waals surface area contributed by atoms with E-state index >= 15 is 0 Å². The van der Waals surface area contributed by atoms with Gasteiger partial charge in [-0.2, -0.15) is 0 Å². The van der Waals surface area contributed by atoms with Crippen LogP contribution in [0.1, 0.15) is 12.0 Å². The second kappa shape index (κ2) is 5.77. The summed E-state index contributed by atoms with van der Waals surface area (Å²) in [5, 5.41) is 0. The molecule has 0 aliphatic carbocycles. The summed E-state index contributed by atoms with van der Waals surface area (Å²) in [5.41, 5.74) is 7.92. The average Bonchev–Trinajstić information content (AvgIpc) is 2.82. The van der Waals surface area contributed by atoms with Crippen molar-refractivity contribution in [1.82, 2.24) is 9.55 Å². The summed E-state index contributed by atoms with van der Waals surface area (Å²) in [4.78, 5) is 5.31. The number of nitrogens with two attached hydrogens (primary N) is 1. The van der Waals surface area contributed by atoms with E-state index in [9.17, 15) is 0 Å². The maximum absolute atomic E-state index is 5.78. The Hall–Kier alpha value is -1.42. The van der Waals surface area contributed by atoms with Gasteiger partial charge in [-0.05, 0) is 36.8 Å². The van der Waals surface area contributed by atoms with Crippen LogP contribution in [0.15, 0.2) is 41.8 Å². The first kappa shape index (κ1) is 12.0. The second-order valence-corrected chi connectivity index (χ2v) is 5.16. The number of imidazole rings is 1. The Morgan fingerprint density at radius 2 is 2.29 bits per heavy atom. The Balaban J connectivity index is 1.80. The minimum absolute atomic E-state index is 0.840. The summed E-state index contributed by atoms with van der Waals surface area (Å²) in [7, 11) is 0. The molecule has 0 aliphatic heterocycles. The minimum atomic E-state index is 0.840. The SMILES string of the molecule is Cc1ccc(N)cc1SCCCn1ccnc1. The van der Waals surface area contributed by atoms with E-state index in [0.29, 0.717) is 0 Å².